The number of amides is 1. The van der Waals surface area contributed by atoms with Crippen LogP contribution in [0.2, 0.25) is 0 Å². The first-order valence-electron chi connectivity index (χ1n) is 10.4. The molecule has 0 radical (unpaired) electrons. The van der Waals surface area contributed by atoms with Gasteiger partial charge in [0.15, 0.2) is 11.5 Å². The minimum Gasteiger partial charge on any atom is -0.454 e. The molecule has 1 atom stereocenters. The summed E-state index contributed by atoms with van der Waals surface area (Å²) in [4.78, 5) is 12.8. The van der Waals surface area contributed by atoms with Crippen molar-refractivity contribution in [1.29, 1.82) is 0 Å². The number of hydrogen-bond acceptors (Lipinski definition) is 3. The average Bonchev–Trinajstić information content (AvgIpc) is 3.34. The normalized spacial score (nSPS) is 13.6. The van der Waals surface area contributed by atoms with Crippen LogP contribution in [0.25, 0.3) is 10.9 Å². The van der Waals surface area contributed by atoms with Crippen LogP contribution in [0.3, 0.4) is 0 Å². The zero-order chi connectivity index (χ0) is 20.2. The molecular weight excluding hydrogens is 364 g/mol. The Labute approximate surface area is 171 Å². The van der Waals surface area contributed by atoms with Crippen molar-refractivity contribution in [2.24, 2.45) is 7.05 Å². The van der Waals surface area contributed by atoms with Crippen LogP contribution in [0.15, 0.2) is 48.7 Å². The summed E-state index contributed by atoms with van der Waals surface area (Å²) in [5.74, 6) is 1.53. The Morgan fingerprint density at radius 3 is 2.83 bits per heavy atom. The van der Waals surface area contributed by atoms with E-state index in [4.69, 9.17) is 9.47 Å². The Hall–Kier alpha value is -2.95. The molecule has 0 fully saturated rings. The standard InChI is InChI=1S/C24H28N2O3/c1-3-4-7-12-25-24(27)14-19(17-10-11-22-23(13-17)29-16-28-22)20-15-26(2)21-9-6-5-8-18(20)21/h5-6,8-11,13,15,19H,3-4,7,12,14,16H2,1-2H3,(H,25,27)/t19-/m1/s1. The van der Waals surface area contributed by atoms with Crippen LogP contribution in [0.4, 0.5) is 0 Å². The van der Waals surface area contributed by atoms with Crippen LogP contribution in [-0.2, 0) is 11.8 Å². The zero-order valence-corrected chi connectivity index (χ0v) is 17.1. The topological polar surface area (TPSA) is 52.5 Å². The van der Waals surface area contributed by atoms with E-state index in [1.54, 1.807) is 0 Å². The molecule has 5 heteroatoms. The highest BCUT2D eigenvalue weighted by atomic mass is 16.7. The van der Waals surface area contributed by atoms with Gasteiger partial charge in [-0.3, -0.25) is 4.79 Å². The van der Waals surface area contributed by atoms with Gasteiger partial charge in [0.1, 0.15) is 0 Å². The molecule has 0 spiro atoms. The summed E-state index contributed by atoms with van der Waals surface area (Å²) in [6.45, 7) is 3.14. The number of nitrogens with one attached hydrogen (secondary N) is 1. The van der Waals surface area contributed by atoms with Gasteiger partial charge >= 0.3 is 0 Å². The lowest BCUT2D eigenvalue weighted by Gasteiger charge is -2.18. The maximum absolute atomic E-state index is 12.8. The summed E-state index contributed by atoms with van der Waals surface area (Å²) < 4.78 is 13.2. The van der Waals surface area contributed by atoms with Gasteiger partial charge in [-0.2, -0.15) is 0 Å². The SMILES string of the molecule is CCCCCNC(=O)C[C@H](c1ccc2c(c1)OCO2)c1cn(C)c2ccccc12. The van der Waals surface area contributed by atoms with Crippen LogP contribution >= 0.6 is 0 Å². The van der Waals surface area contributed by atoms with E-state index >= 15 is 0 Å². The van der Waals surface area contributed by atoms with Crippen LogP contribution in [0, 0.1) is 0 Å². The lowest BCUT2D eigenvalue weighted by molar-refractivity contribution is -0.121. The monoisotopic (exact) mass is 392 g/mol. The van der Waals surface area contributed by atoms with Gasteiger partial charge in [-0.15, -0.1) is 0 Å². The van der Waals surface area contributed by atoms with Crippen molar-refractivity contribution in [3.63, 3.8) is 0 Å². The molecule has 0 aliphatic carbocycles. The van der Waals surface area contributed by atoms with Crippen LogP contribution in [0.5, 0.6) is 11.5 Å². The molecule has 1 aliphatic heterocycles. The highest BCUT2D eigenvalue weighted by molar-refractivity contribution is 5.86. The van der Waals surface area contributed by atoms with Crippen molar-refractivity contribution in [2.75, 3.05) is 13.3 Å². The predicted molar refractivity (Wildman–Crippen MR) is 114 cm³/mol. The number of rotatable bonds is 8. The number of fused-ring (bicyclic) bond motifs is 2. The average molecular weight is 392 g/mol. The molecule has 1 amide bonds. The number of aromatic nitrogens is 1. The minimum atomic E-state index is -0.0539. The maximum Gasteiger partial charge on any atom is 0.231 e. The second-order valence-corrected chi connectivity index (χ2v) is 7.64. The van der Waals surface area contributed by atoms with E-state index in [1.807, 2.05) is 37.4 Å². The van der Waals surface area contributed by atoms with Crippen molar-refractivity contribution in [3.05, 3.63) is 59.8 Å². The number of para-hydroxylation sites is 1. The van der Waals surface area contributed by atoms with Gasteiger partial charge in [-0.25, -0.2) is 0 Å². The summed E-state index contributed by atoms with van der Waals surface area (Å²) in [6, 6.07) is 14.3. The Morgan fingerprint density at radius 1 is 1.14 bits per heavy atom. The molecule has 0 saturated heterocycles. The highest BCUT2D eigenvalue weighted by Gasteiger charge is 2.24. The predicted octanol–water partition coefficient (Wildman–Crippen LogP) is 4.74. The lowest BCUT2D eigenvalue weighted by atomic mass is 9.87. The molecular formula is C24H28N2O3. The molecule has 1 aromatic heterocycles. The first-order valence-corrected chi connectivity index (χ1v) is 10.4. The molecule has 0 bridgehead atoms. The third-order valence-corrected chi connectivity index (χ3v) is 5.59. The van der Waals surface area contributed by atoms with E-state index < -0.39 is 0 Å². The molecule has 3 aromatic rings. The lowest BCUT2D eigenvalue weighted by Crippen LogP contribution is -2.26. The molecule has 1 aliphatic rings. The van der Waals surface area contributed by atoms with Crippen molar-refractivity contribution in [2.45, 2.75) is 38.5 Å². The van der Waals surface area contributed by atoms with Gasteiger partial charge in [0.25, 0.3) is 0 Å². The Morgan fingerprint density at radius 2 is 1.97 bits per heavy atom. The van der Waals surface area contributed by atoms with Crippen LogP contribution in [-0.4, -0.2) is 23.8 Å². The maximum atomic E-state index is 12.8. The molecule has 5 nitrogen and oxygen atoms in total. The van der Waals surface area contributed by atoms with E-state index in [-0.39, 0.29) is 18.6 Å². The fourth-order valence-corrected chi connectivity index (χ4v) is 4.05. The smallest absolute Gasteiger partial charge is 0.231 e. The van der Waals surface area contributed by atoms with Gasteiger partial charge in [-0.1, -0.05) is 44.0 Å². The molecule has 2 aromatic carbocycles. The number of benzene rings is 2. The first kappa shape index (κ1) is 19.4. The number of hydrogen-bond donors (Lipinski definition) is 1. The number of carbonyl (C=O) groups excluding carboxylic acids is 1. The first-order chi connectivity index (χ1) is 14.2. The summed E-state index contributed by atoms with van der Waals surface area (Å²) in [5, 5.41) is 4.27. The fourth-order valence-electron chi connectivity index (χ4n) is 4.05. The highest BCUT2D eigenvalue weighted by Crippen LogP contribution is 2.39. The molecule has 4 rings (SSSR count). The van der Waals surface area contributed by atoms with Crippen molar-refractivity contribution in [1.82, 2.24) is 9.88 Å². The van der Waals surface area contributed by atoms with E-state index in [2.05, 4.69) is 35.1 Å². The number of unbranched alkanes of at least 4 members (excludes halogenated alkanes) is 2. The van der Waals surface area contributed by atoms with E-state index in [0.717, 1.165) is 53.9 Å². The third kappa shape index (κ3) is 4.09. The molecule has 0 saturated carbocycles. The van der Waals surface area contributed by atoms with E-state index in [9.17, 15) is 4.79 Å². The largest absolute Gasteiger partial charge is 0.454 e. The molecule has 0 unspecified atom stereocenters. The Kier molecular flexibility index (Phi) is 5.74. The fraction of sp³-hybridized carbons (Fsp3) is 0.375. The van der Waals surface area contributed by atoms with Gasteiger partial charge in [-0.05, 0) is 35.7 Å². The molecule has 29 heavy (non-hydrogen) atoms. The van der Waals surface area contributed by atoms with E-state index in [0.29, 0.717) is 6.42 Å². The van der Waals surface area contributed by atoms with Crippen molar-refractivity contribution in [3.8, 4) is 11.5 Å². The van der Waals surface area contributed by atoms with Crippen LogP contribution in [0.1, 0.15) is 49.7 Å². The van der Waals surface area contributed by atoms with E-state index in [1.165, 1.54) is 5.39 Å². The Bertz CT molecular complexity index is 1010. The van der Waals surface area contributed by atoms with Crippen LogP contribution < -0.4 is 14.8 Å². The minimum absolute atomic E-state index is 0.0539. The number of ether oxygens (including phenoxy) is 2. The quantitative estimate of drug-likeness (QED) is 0.564. The van der Waals surface area contributed by atoms with Gasteiger partial charge < -0.3 is 19.4 Å². The van der Waals surface area contributed by atoms with Gasteiger partial charge in [0.05, 0.1) is 0 Å². The second kappa shape index (κ2) is 8.60. The van der Waals surface area contributed by atoms with Gasteiger partial charge in [0.2, 0.25) is 12.7 Å². The summed E-state index contributed by atoms with van der Waals surface area (Å²) in [5.41, 5.74) is 3.39. The summed E-state index contributed by atoms with van der Waals surface area (Å²) in [6.07, 6.45) is 5.84. The number of nitrogens with zero attached hydrogens (tertiary/aromatic N) is 1. The molecule has 1 N–H and O–H groups in total. The summed E-state index contributed by atoms with van der Waals surface area (Å²) in [7, 11) is 2.05. The van der Waals surface area contributed by atoms with Crippen molar-refractivity contribution >= 4 is 16.8 Å². The third-order valence-electron chi connectivity index (χ3n) is 5.59. The Balaban J connectivity index is 1.66. The summed E-state index contributed by atoms with van der Waals surface area (Å²) >= 11 is 0. The zero-order valence-electron chi connectivity index (χ0n) is 17.1. The number of carbonyl (C=O) groups is 1. The number of aryl methyl sites for hydroxylation is 1. The van der Waals surface area contributed by atoms with Crippen molar-refractivity contribution < 1.29 is 14.3 Å². The molecule has 152 valence electrons. The molecule has 2 heterocycles. The van der Waals surface area contributed by atoms with Gasteiger partial charge in [0, 0.05) is 43.0 Å². The second-order valence-electron chi connectivity index (χ2n) is 7.64.